The van der Waals surface area contributed by atoms with Crippen molar-refractivity contribution in [3.8, 4) is 0 Å². The van der Waals surface area contributed by atoms with Crippen molar-refractivity contribution in [1.82, 2.24) is 9.97 Å². The number of pyridine rings is 2. The molecule has 2 heterocycles. The lowest BCUT2D eigenvalue weighted by molar-refractivity contribution is 1.32. The van der Waals surface area contributed by atoms with Crippen molar-refractivity contribution in [1.29, 1.82) is 0 Å². The molecule has 0 fully saturated rings. The molecule has 0 radical (unpaired) electrons. The Morgan fingerprint density at radius 3 is 2.70 bits per heavy atom. The molecule has 20 heavy (non-hydrogen) atoms. The van der Waals surface area contributed by atoms with Crippen LogP contribution in [-0.4, -0.2) is 9.97 Å². The summed E-state index contributed by atoms with van der Waals surface area (Å²) in [6.07, 6.45) is 3.50. The predicted octanol–water partition coefficient (Wildman–Crippen LogP) is 5.55. The van der Waals surface area contributed by atoms with E-state index >= 15 is 0 Å². The van der Waals surface area contributed by atoms with Crippen molar-refractivity contribution in [2.75, 3.05) is 5.32 Å². The SMILES string of the molecule is Clc1ccc(Br)c(Nc2ccnc3cc(Br)cnc23)c1. The number of hydrogen-bond acceptors (Lipinski definition) is 3. The van der Waals surface area contributed by atoms with Gasteiger partial charge in [-0.1, -0.05) is 11.6 Å². The van der Waals surface area contributed by atoms with Gasteiger partial charge in [0.2, 0.25) is 0 Å². The number of benzene rings is 1. The van der Waals surface area contributed by atoms with E-state index in [0.29, 0.717) is 5.02 Å². The molecule has 0 aliphatic rings. The zero-order valence-corrected chi connectivity index (χ0v) is 14.0. The lowest BCUT2D eigenvalue weighted by Gasteiger charge is -2.11. The number of halogens is 3. The first-order valence-corrected chi connectivity index (χ1v) is 7.72. The summed E-state index contributed by atoms with van der Waals surface area (Å²) >= 11 is 12.9. The van der Waals surface area contributed by atoms with Gasteiger partial charge in [-0.3, -0.25) is 9.97 Å². The van der Waals surface area contributed by atoms with Crippen LogP contribution in [0.25, 0.3) is 11.0 Å². The van der Waals surface area contributed by atoms with Crippen LogP contribution in [0, 0.1) is 0 Å². The summed E-state index contributed by atoms with van der Waals surface area (Å²) in [5, 5.41) is 4.00. The molecule has 0 spiro atoms. The van der Waals surface area contributed by atoms with Crippen LogP contribution in [0.5, 0.6) is 0 Å². The molecule has 0 amide bonds. The van der Waals surface area contributed by atoms with Gasteiger partial charge in [0.15, 0.2) is 0 Å². The van der Waals surface area contributed by atoms with Crippen LogP contribution in [-0.2, 0) is 0 Å². The van der Waals surface area contributed by atoms with Crippen molar-refractivity contribution in [2.24, 2.45) is 0 Å². The number of aromatic nitrogens is 2. The maximum Gasteiger partial charge on any atom is 0.112 e. The third-order valence-electron chi connectivity index (χ3n) is 2.74. The third-order valence-corrected chi connectivity index (χ3v) is 4.10. The van der Waals surface area contributed by atoms with Gasteiger partial charge in [0, 0.05) is 26.4 Å². The Hall–Kier alpha value is -1.17. The molecule has 0 unspecified atom stereocenters. The van der Waals surface area contributed by atoms with Gasteiger partial charge < -0.3 is 5.32 Å². The van der Waals surface area contributed by atoms with Gasteiger partial charge in [-0.05, 0) is 62.2 Å². The number of hydrogen-bond donors (Lipinski definition) is 1. The maximum absolute atomic E-state index is 6.03. The highest BCUT2D eigenvalue weighted by molar-refractivity contribution is 9.10. The number of rotatable bonds is 2. The van der Waals surface area contributed by atoms with Crippen LogP contribution < -0.4 is 5.32 Å². The van der Waals surface area contributed by atoms with Gasteiger partial charge in [0.1, 0.15) is 5.52 Å². The fourth-order valence-electron chi connectivity index (χ4n) is 1.84. The summed E-state index contributed by atoms with van der Waals surface area (Å²) in [4.78, 5) is 8.72. The Kier molecular flexibility index (Phi) is 3.92. The molecular formula is C14H8Br2ClN3. The lowest BCUT2D eigenvalue weighted by atomic mass is 10.2. The summed E-state index contributed by atoms with van der Waals surface area (Å²) in [5.41, 5.74) is 3.39. The van der Waals surface area contributed by atoms with Gasteiger partial charge in [0.25, 0.3) is 0 Å². The summed E-state index contributed by atoms with van der Waals surface area (Å²) in [6, 6.07) is 9.41. The molecule has 0 bridgehead atoms. The number of anilines is 2. The van der Waals surface area contributed by atoms with Crippen molar-refractivity contribution >= 4 is 65.9 Å². The highest BCUT2D eigenvalue weighted by atomic mass is 79.9. The first kappa shape index (κ1) is 13.8. The molecule has 0 aliphatic carbocycles. The quantitative estimate of drug-likeness (QED) is 0.598. The van der Waals surface area contributed by atoms with Crippen LogP contribution in [0.2, 0.25) is 5.02 Å². The summed E-state index contributed by atoms with van der Waals surface area (Å²) in [5.74, 6) is 0. The maximum atomic E-state index is 6.03. The van der Waals surface area contributed by atoms with Gasteiger partial charge in [-0.25, -0.2) is 0 Å². The van der Waals surface area contributed by atoms with Crippen molar-refractivity contribution < 1.29 is 0 Å². The molecule has 2 aromatic heterocycles. The van der Waals surface area contributed by atoms with Crippen LogP contribution in [0.15, 0.2) is 51.7 Å². The smallest absolute Gasteiger partial charge is 0.112 e. The Balaban J connectivity index is 2.09. The molecule has 1 aromatic carbocycles. The van der Waals surface area contributed by atoms with Crippen LogP contribution in [0.3, 0.4) is 0 Å². The first-order chi connectivity index (χ1) is 9.63. The molecule has 6 heteroatoms. The van der Waals surface area contributed by atoms with E-state index in [4.69, 9.17) is 11.6 Å². The third kappa shape index (κ3) is 2.80. The minimum atomic E-state index is 0.671. The van der Waals surface area contributed by atoms with Crippen molar-refractivity contribution in [3.05, 3.63) is 56.7 Å². The molecule has 0 aliphatic heterocycles. The molecule has 1 N–H and O–H groups in total. The molecule has 0 saturated heterocycles. The average molecular weight is 414 g/mol. The zero-order chi connectivity index (χ0) is 14.1. The number of fused-ring (bicyclic) bond motifs is 1. The van der Waals surface area contributed by atoms with E-state index in [0.717, 1.165) is 31.4 Å². The molecule has 100 valence electrons. The van der Waals surface area contributed by atoms with E-state index < -0.39 is 0 Å². The standard InChI is InChI=1S/C14H8Br2ClN3/c15-8-5-13-14(19-7-8)11(3-4-18-13)20-12-6-9(17)1-2-10(12)16/h1-7H,(H,18,20). The molecule has 3 nitrogen and oxygen atoms in total. The van der Waals surface area contributed by atoms with Gasteiger partial charge in [-0.15, -0.1) is 0 Å². The second-order valence-corrected chi connectivity index (χ2v) is 6.34. The van der Waals surface area contributed by atoms with E-state index in [1.807, 2.05) is 30.3 Å². The van der Waals surface area contributed by atoms with Gasteiger partial charge >= 0.3 is 0 Å². The highest BCUT2D eigenvalue weighted by Crippen LogP contribution is 2.31. The van der Waals surface area contributed by atoms with Crippen LogP contribution in [0.1, 0.15) is 0 Å². The summed E-state index contributed by atoms with van der Waals surface area (Å²) in [7, 11) is 0. The minimum absolute atomic E-state index is 0.671. The van der Waals surface area contributed by atoms with E-state index in [-0.39, 0.29) is 0 Å². The van der Waals surface area contributed by atoms with E-state index in [2.05, 4.69) is 47.1 Å². The number of nitrogens with zero attached hydrogens (tertiary/aromatic N) is 2. The lowest BCUT2D eigenvalue weighted by Crippen LogP contribution is -1.95. The Labute approximate surface area is 137 Å². The fourth-order valence-corrected chi connectivity index (χ4v) is 2.68. The van der Waals surface area contributed by atoms with Crippen LogP contribution in [0.4, 0.5) is 11.4 Å². The Morgan fingerprint density at radius 2 is 1.85 bits per heavy atom. The molecule has 0 atom stereocenters. The Morgan fingerprint density at radius 1 is 1.00 bits per heavy atom. The van der Waals surface area contributed by atoms with Crippen LogP contribution >= 0.6 is 43.5 Å². The number of nitrogens with one attached hydrogen (secondary N) is 1. The topological polar surface area (TPSA) is 37.8 Å². The van der Waals surface area contributed by atoms with E-state index in [9.17, 15) is 0 Å². The summed E-state index contributed by atoms with van der Waals surface area (Å²) < 4.78 is 1.84. The van der Waals surface area contributed by atoms with Crippen molar-refractivity contribution in [3.63, 3.8) is 0 Å². The second kappa shape index (κ2) is 5.68. The van der Waals surface area contributed by atoms with Crippen molar-refractivity contribution in [2.45, 2.75) is 0 Å². The average Bonchev–Trinajstić information content (AvgIpc) is 2.43. The normalized spacial score (nSPS) is 10.8. The second-order valence-electron chi connectivity index (χ2n) is 4.13. The molecular weight excluding hydrogens is 405 g/mol. The van der Waals surface area contributed by atoms with Gasteiger partial charge in [0.05, 0.1) is 16.9 Å². The summed E-state index contributed by atoms with van der Waals surface area (Å²) in [6.45, 7) is 0. The highest BCUT2D eigenvalue weighted by Gasteiger charge is 2.07. The molecule has 3 aromatic rings. The Bertz CT molecular complexity index is 792. The monoisotopic (exact) mass is 411 g/mol. The van der Waals surface area contributed by atoms with E-state index in [1.165, 1.54) is 0 Å². The largest absolute Gasteiger partial charge is 0.353 e. The predicted molar refractivity (Wildman–Crippen MR) is 89.7 cm³/mol. The fraction of sp³-hybridized carbons (Fsp3) is 0. The van der Waals surface area contributed by atoms with E-state index in [1.54, 1.807) is 12.4 Å². The van der Waals surface area contributed by atoms with Gasteiger partial charge in [-0.2, -0.15) is 0 Å². The minimum Gasteiger partial charge on any atom is -0.353 e. The zero-order valence-electron chi connectivity index (χ0n) is 10.1. The molecule has 0 saturated carbocycles. The first-order valence-electron chi connectivity index (χ1n) is 5.76. The molecule has 3 rings (SSSR count).